The van der Waals surface area contributed by atoms with Crippen LogP contribution in [0.15, 0.2) is 22.8 Å². The SMILES string of the molecule is CC12c3ccc4c(c3C(O)c3occ(c31)C(=O)CC2O)CCC4=O. The molecule has 5 heteroatoms. The predicted octanol–water partition coefficient (Wildman–Crippen LogP) is 2.06. The minimum Gasteiger partial charge on any atom is -0.465 e. The van der Waals surface area contributed by atoms with Gasteiger partial charge >= 0.3 is 0 Å². The van der Waals surface area contributed by atoms with Crippen LogP contribution in [0.3, 0.4) is 0 Å². The van der Waals surface area contributed by atoms with Crippen LogP contribution in [0.4, 0.5) is 0 Å². The minimum absolute atomic E-state index is 0.0218. The lowest BCUT2D eigenvalue weighted by Gasteiger charge is -2.44. The molecule has 0 spiro atoms. The number of aliphatic hydroxyl groups is 2. The first-order valence-corrected chi connectivity index (χ1v) is 8.15. The summed E-state index contributed by atoms with van der Waals surface area (Å²) in [5, 5.41) is 21.6. The number of hydrogen-bond acceptors (Lipinski definition) is 5. The molecule has 3 aliphatic rings. The minimum atomic E-state index is -1.02. The molecule has 0 aliphatic heterocycles. The van der Waals surface area contributed by atoms with Gasteiger partial charge in [0.05, 0.1) is 11.7 Å². The molecule has 0 radical (unpaired) electrons. The van der Waals surface area contributed by atoms with Gasteiger partial charge in [0.1, 0.15) is 18.1 Å². The average molecular weight is 324 g/mol. The standard InChI is InChI=1S/C19H16O5/c1-19-11-4-2-8-9(3-5-12(8)20)15(11)17(23)18-16(19)10(7-24-18)13(21)6-14(19)22/h2,4,7,14,17,22-23H,3,5-6H2,1H3. The third kappa shape index (κ3) is 1.39. The molecule has 0 saturated carbocycles. The molecule has 122 valence electrons. The maximum Gasteiger partial charge on any atom is 0.169 e. The van der Waals surface area contributed by atoms with Crippen LogP contribution in [0.2, 0.25) is 0 Å². The van der Waals surface area contributed by atoms with Crippen molar-refractivity contribution in [3.63, 3.8) is 0 Å². The van der Waals surface area contributed by atoms with Crippen molar-refractivity contribution in [3.05, 3.63) is 57.5 Å². The zero-order valence-corrected chi connectivity index (χ0v) is 13.1. The second-order valence-electron chi connectivity index (χ2n) is 7.11. The number of carbonyl (C=O) groups is 2. The van der Waals surface area contributed by atoms with Gasteiger partial charge in [-0.05, 0) is 30.0 Å². The Hall–Kier alpha value is -2.24. The van der Waals surface area contributed by atoms with Crippen LogP contribution < -0.4 is 0 Å². The summed E-state index contributed by atoms with van der Waals surface area (Å²) >= 11 is 0. The highest BCUT2D eigenvalue weighted by Gasteiger charge is 2.53. The van der Waals surface area contributed by atoms with Crippen molar-refractivity contribution in [2.24, 2.45) is 0 Å². The van der Waals surface area contributed by atoms with E-state index in [1.807, 2.05) is 13.0 Å². The van der Waals surface area contributed by atoms with Gasteiger partial charge in [0.15, 0.2) is 11.6 Å². The molecule has 2 N–H and O–H groups in total. The van der Waals surface area contributed by atoms with Crippen molar-refractivity contribution >= 4 is 11.6 Å². The summed E-state index contributed by atoms with van der Waals surface area (Å²) in [5.74, 6) is 0.229. The molecule has 2 aromatic rings. The van der Waals surface area contributed by atoms with E-state index in [2.05, 4.69) is 0 Å². The van der Waals surface area contributed by atoms with E-state index in [-0.39, 0.29) is 18.0 Å². The number of Topliss-reactive ketones (excluding diaryl/α,β-unsaturated/α-hetero) is 2. The number of ketones is 2. The van der Waals surface area contributed by atoms with E-state index in [4.69, 9.17) is 4.42 Å². The maximum absolute atomic E-state index is 12.2. The summed E-state index contributed by atoms with van der Waals surface area (Å²) in [6.07, 6.45) is 0.520. The maximum atomic E-state index is 12.2. The van der Waals surface area contributed by atoms with E-state index in [1.54, 1.807) is 6.07 Å². The van der Waals surface area contributed by atoms with Crippen LogP contribution in [0.5, 0.6) is 0 Å². The number of fused-ring (bicyclic) bond motifs is 4. The van der Waals surface area contributed by atoms with E-state index in [9.17, 15) is 19.8 Å². The smallest absolute Gasteiger partial charge is 0.169 e. The summed E-state index contributed by atoms with van der Waals surface area (Å²) in [5.41, 5.74) is 3.17. The normalized spacial score (nSPS) is 30.1. The molecule has 5 nitrogen and oxygen atoms in total. The molecule has 0 amide bonds. The predicted molar refractivity (Wildman–Crippen MR) is 83.3 cm³/mol. The van der Waals surface area contributed by atoms with E-state index in [0.717, 1.165) is 11.1 Å². The van der Waals surface area contributed by atoms with Crippen LogP contribution in [-0.2, 0) is 11.8 Å². The Balaban J connectivity index is 1.89. The molecule has 1 aromatic carbocycles. The van der Waals surface area contributed by atoms with E-state index >= 15 is 0 Å². The molecule has 0 bridgehead atoms. The Bertz CT molecular complexity index is 937. The molecule has 3 aliphatic carbocycles. The van der Waals surface area contributed by atoms with E-state index < -0.39 is 17.6 Å². The van der Waals surface area contributed by atoms with Crippen molar-refractivity contribution in [2.45, 2.75) is 43.8 Å². The molecule has 3 unspecified atom stereocenters. The number of rotatable bonds is 0. The second-order valence-corrected chi connectivity index (χ2v) is 7.11. The lowest BCUT2D eigenvalue weighted by Crippen LogP contribution is -2.47. The molecule has 0 fully saturated rings. The van der Waals surface area contributed by atoms with Gasteiger partial charge in [0.2, 0.25) is 0 Å². The van der Waals surface area contributed by atoms with Crippen LogP contribution >= 0.6 is 0 Å². The fraction of sp³-hybridized carbons (Fsp3) is 0.368. The van der Waals surface area contributed by atoms with Gasteiger partial charge < -0.3 is 14.6 Å². The zero-order valence-electron chi connectivity index (χ0n) is 13.1. The highest BCUT2D eigenvalue weighted by Crippen LogP contribution is 2.54. The summed E-state index contributed by atoms with van der Waals surface area (Å²) in [4.78, 5) is 24.3. The van der Waals surface area contributed by atoms with Crippen LogP contribution in [0.1, 0.15) is 74.6 Å². The Morgan fingerprint density at radius 3 is 2.71 bits per heavy atom. The fourth-order valence-electron chi connectivity index (χ4n) is 4.75. The van der Waals surface area contributed by atoms with Crippen molar-refractivity contribution in [2.75, 3.05) is 0 Å². The van der Waals surface area contributed by atoms with Crippen LogP contribution in [0.25, 0.3) is 0 Å². The average Bonchev–Trinajstić information content (AvgIpc) is 3.16. The Morgan fingerprint density at radius 2 is 1.92 bits per heavy atom. The van der Waals surface area contributed by atoms with Crippen LogP contribution in [-0.4, -0.2) is 27.9 Å². The Kier molecular flexibility index (Phi) is 2.49. The number of hydrogen-bond donors (Lipinski definition) is 2. The highest BCUT2D eigenvalue weighted by atomic mass is 16.4. The van der Waals surface area contributed by atoms with Crippen molar-refractivity contribution in [3.8, 4) is 0 Å². The first-order valence-electron chi connectivity index (χ1n) is 8.15. The molecular formula is C19H16O5. The third-order valence-electron chi connectivity index (χ3n) is 6.03. The zero-order chi connectivity index (χ0) is 16.8. The first kappa shape index (κ1) is 14.1. The quantitative estimate of drug-likeness (QED) is 0.774. The fourth-order valence-corrected chi connectivity index (χ4v) is 4.75. The van der Waals surface area contributed by atoms with Crippen molar-refractivity contribution in [1.82, 2.24) is 0 Å². The van der Waals surface area contributed by atoms with Gasteiger partial charge in [-0.25, -0.2) is 0 Å². The van der Waals surface area contributed by atoms with Crippen LogP contribution in [0, 0.1) is 0 Å². The number of aliphatic hydroxyl groups excluding tert-OH is 2. The second kappa shape index (κ2) is 4.23. The summed E-state index contributed by atoms with van der Waals surface area (Å²) in [7, 11) is 0. The largest absolute Gasteiger partial charge is 0.465 e. The van der Waals surface area contributed by atoms with Crippen molar-refractivity contribution < 1.29 is 24.2 Å². The third-order valence-corrected chi connectivity index (χ3v) is 6.03. The highest BCUT2D eigenvalue weighted by molar-refractivity contribution is 6.02. The molecule has 24 heavy (non-hydrogen) atoms. The molecular weight excluding hydrogens is 308 g/mol. The Labute approximate surface area is 137 Å². The summed E-state index contributed by atoms with van der Waals surface area (Å²) in [6.45, 7) is 1.88. The molecule has 3 atom stereocenters. The Morgan fingerprint density at radius 1 is 1.12 bits per heavy atom. The molecule has 1 aromatic heterocycles. The van der Waals surface area contributed by atoms with Gasteiger partial charge in [-0.3, -0.25) is 9.59 Å². The van der Waals surface area contributed by atoms with E-state index in [1.165, 1.54) is 6.26 Å². The lowest BCUT2D eigenvalue weighted by atomic mass is 9.60. The summed E-state index contributed by atoms with van der Waals surface area (Å²) < 4.78 is 5.56. The topological polar surface area (TPSA) is 87.7 Å². The molecule has 5 rings (SSSR count). The lowest BCUT2D eigenvalue weighted by molar-refractivity contribution is 0.0645. The van der Waals surface area contributed by atoms with Gasteiger partial charge in [-0.1, -0.05) is 12.1 Å². The van der Waals surface area contributed by atoms with Gasteiger partial charge in [0.25, 0.3) is 0 Å². The monoisotopic (exact) mass is 324 g/mol. The number of carbonyl (C=O) groups excluding carboxylic acids is 2. The van der Waals surface area contributed by atoms with E-state index in [0.29, 0.717) is 40.9 Å². The molecule has 1 heterocycles. The number of furan rings is 1. The molecule has 0 saturated heterocycles. The van der Waals surface area contributed by atoms with Crippen molar-refractivity contribution in [1.29, 1.82) is 0 Å². The first-order chi connectivity index (χ1) is 11.4. The number of benzene rings is 1. The van der Waals surface area contributed by atoms with Gasteiger partial charge in [-0.2, -0.15) is 0 Å². The summed E-state index contributed by atoms with van der Waals surface area (Å²) in [6, 6.07) is 3.61. The van der Waals surface area contributed by atoms with Gasteiger partial charge in [0, 0.05) is 29.4 Å². The van der Waals surface area contributed by atoms with Gasteiger partial charge in [-0.15, -0.1) is 0 Å².